The molecule has 0 aliphatic carbocycles. The van der Waals surface area contributed by atoms with Crippen LogP contribution in [-0.2, 0) is 11.3 Å². The second-order valence-corrected chi connectivity index (χ2v) is 5.43. The van der Waals surface area contributed by atoms with Crippen molar-refractivity contribution in [2.24, 2.45) is 0 Å². The molecule has 5 heteroatoms. The second-order valence-electron chi connectivity index (χ2n) is 4.51. The lowest BCUT2D eigenvalue weighted by atomic mass is 10.1. The van der Waals surface area contributed by atoms with Crippen LogP contribution in [0.25, 0.3) is 0 Å². The Morgan fingerprint density at radius 3 is 2.89 bits per heavy atom. The number of carboxylic acid groups (broad SMARTS) is 1. The predicted molar refractivity (Wildman–Crippen MR) is 71.2 cm³/mol. The van der Waals surface area contributed by atoms with E-state index in [4.69, 9.17) is 9.84 Å². The fraction of sp³-hybridized carbons (Fsp3) is 0.615. The van der Waals surface area contributed by atoms with E-state index in [0.29, 0.717) is 11.0 Å². The Bertz CT molecular complexity index is 397. The van der Waals surface area contributed by atoms with Crippen LogP contribution in [0.1, 0.15) is 35.0 Å². The molecule has 0 atom stereocenters. The van der Waals surface area contributed by atoms with E-state index < -0.39 is 5.97 Å². The van der Waals surface area contributed by atoms with E-state index >= 15 is 0 Å². The van der Waals surface area contributed by atoms with Crippen LogP contribution in [-0.4, -0.2) is 41.8 Å². The first kappa shape index (κ1) is 13.5. The molecule has 1 aliphatic heterocycles. The third-order valence-corrected chi connectivity index (χ3v) is 4.22. The normalized spacial score (nSPS) is 18.1. The smallest absolute Gasteiger partial charge is 0.346 e. The predicted octanol–water partition coefficient (Wildman–Crippen LogP) is 2.45. The molecule has 100 valence electrons. The SMILES string of the molecule is CCOC1CCN(Cc2ccsc2C(=O)O)CC1. The molecule has 1 aliphatic rings. The molecule has 1 aromatic rings. The third kappa shape index (κ3) is 3.31. The zero-order chi connectivity index (χ0) is 13.0. The van der Waals surface area contributed by atoms with E-state index in [1.807, 2.05) is 18.4 Å². The zero-order valence-corrected chi connectivity index (χ0v) is 11.4. The molecule has 0 aromatic carbocycles. The van der Waals surface area contributed by atoms with Gasteiger partial charge in [-0.1, -0.05) is 0 Å². The summed E-state index contributed by atoms with van der Waals surface area (Å²) in [5.74, 6) is -0.816. The number of rotatable bonds is 5. The zero-order valence-electron chi connectivity index (χ0n) is 10.6. The van der Waals surface area contributed by atoms with Gasteiger partial charge in [-0.05, 0) is 36.8 Å². The minimum absolute atomic E-state index is 0.382. The molecule has 0 bridgehead atoms. The quantitative estimate of drug-likeness (QED) is 0.892. The van der Waals surface area contributed by atoms with Gasteiger partial charge in [0, 0.05) is 26.2 Å². The number of nitrogens with zero attached hydrogens (tertiary/aromatic N) is 1. The highest BCUT2D eigenvalue weighted by atomic mass is 32.1. The minimum atomic E-state index is -0.816. The number of carbonyl (C=O) groups is 1. The first-order valence-corrected chi connectivity index (χ1v) is 7.22. The summed E-state index contributed by atoms with van der Waals surface area (Å²) >= 11 is 1.30. The number of aromatic carboxylic acids is 1. The van der Waals surface area contributed by atoms with Gasteiger partial charge in [0.25, 0.3) is 0 Å². The largest absolute Gasteiger partial charge is 0.477 e. The highest BCUT2D eigenvalue weighted by Gasteiger charge is 2.21. The van der Waals surface area contributed by atoms with Crippen molar-refractivity contribution in [3.05, 3.63) is 21.9 Å². The molecular formula is C13H19NO3S. The maximum absolute atomic E-state index is 11.0. The van der Waals surface area contributed by atoms with Crippen molar-refractivity contribution in [3.8, 4) is 0 Å². The maximum atomic E-state index is 11.0. The molecule has 0 radical (unpaired) electrons. The van der Waals surface area contributed by atoms with E-state index in [-0.39, 0.29) is 0 Å². The lowest BCUT2D eigenvalue weighted by molar-refractivity contribution is 0.0124. The van der Waals surface area contributed by atoms with Gasteiger partial charge < -0.3 is 9.84 Å². The Kier molecular flexibility index (Phi) is 4.74. The summed E-state index contributed by atoms with van der Waals surface area (Å²) in [5.41, 5.74) is 0.933. The van der Waals surface area contributed by atoms with E-state index in [9.17, 15) is 4.79 Å². The number of carboxylic acids is 1. The van der Waals surface area contributed by atoms with E-state index in [1.54, 1.807) is 0 Å². The van der Waals surface area contributed by atoms with Crippen LogP contribution in [0.15, 0.2) is 11.4 Å². The Morgan fingerprint density at radius 2 is 2.28 bits per heavy atom. The number of likely N-dealkylation sites (tertiary alicyclic amines) is 1. The van der Waals surface area contributed by atoms with Gasteiger partial charge in [0.15, 0.2) is 0 Å². The van der Waals surface area contributed by atoms with Crippen LogP contribution in [0.5, 0.6) is 0 Å². The molecule has 0 unspecified atom stereocenters. The summed E-state index contributed by atoms with van der Waals surface area (Å²) in [7, 11) is 0. The molecule has 1 fully saturated rings. The highest BCUT2D eigenvalue weighted by Crippen LogP contribution is 2.21. The molecule has 4 nitrogen and oxygen atoms in total. The summed E-state index contributed by atoms with van der Waals surface area (Å²) in [5, 5.41) is 10.9. The summed E-state index contributed by atoms with van der Waals surface area (Å²) in [6, 6.07) is 1.92. The monoisotopic (exact) mass is 269 g/mol. The van der Waals surface area contributed by atoms with Gasteiger partial charge >= 0.3 is 5.97 Å². The summed E-state index contributed by atoms with van der Waals surface area (Å²) < 4.78 is 5.61. The van der Waals surface area contributed by atoms with Crippen molar-refractivity contribution in [2.45, 2.75) is 32.4 Å². The van der Waals surface area contributed by atoms with Crippen molar-refractivity contribution in [1.82, 2.24) is 4.90 Å². The van der Waals surface area contributed by atoms with Gasteiger partial charge in [0.1, 0.15) is 4.88 Å². The first-order valence-electron chi connectivity index (χ1n) is 6.34. The number of thiophene rings is 1. The van der Waals surface area contributed by atoms with Gasteiger partial charge in [-0.25, -0.2) is 4.79 Å². The van der Waals surface area contributed by atoms with E-state index in [2.05, 4.69) is 4.90 Å². The van der Waals surface area contributed by atoms with Crippen LogP contribution in [0.2, 0.25) is 0 Å². The second kappa shape index (κ2) is 6.31. The molecule has 0 saturated carbocycles. The summed E-state index contributed by atoms with van der Waals surface area (Å²) in [6.45, 7) is 5.51. The lowest BCUT2D eigenvalue weighted by Crippen LogP contribution is -2.36. The molecule has 2 rings (SSSR count). The minimum Gasteiger partial charge on any atom is -0.477 e. The van der Waals surface area contributed by atoms with Crippen molar-refractivity contribution in [1.29, 1.82) is 0 Å². The van der Waals surface area contributed by atoms with E-state index in [0.717, 1.165) is 44.6 Å². The van der Waals surface area contributed by atoms with Crippen molar-refractivity contribution in [3.63, 3.8) is 0 Å². The van der Waals surface area contributed by atoms with Crippen LogP contribution < -0.4 is 0 Å². The molecule has 2 heterocycles. The fourth-order valence-electron chi connectivity index (χ4n) is 2.36. The van der Waals surface area contributed by atoms with Crippen LogP contribution >= 0.6 is 11.3 Å². The summed E-state index contributed by atoms with van der Waals surface area (Å²) in [4.78, 5) is 13.8. The highest BCUT2D eigenvalue weighted by molar-refractivity contribution is 7.12. The van der Waals surface area contributed by atoms with Gasteiger partial charge in [-0.2, -0.15) is 0 Å². The van der Waals surface area contributed by atoms with Crippen LogP contribution in [0.3, 0.4) is 0 Å². The average molecular weight is 269 g/mol. The number of ether oxygens (including phenoxy) is 1. The molecular weight excluding hydrogens is 250 g/mol. The lowest BCUT2D eigenvalue weighted by Gasteiger charge is -2.31. The molecule has 1 saturated heterocycles. The van der Waals surface area contributed by atoms with Crippen molar-refractivity contribution in [2.75, 3.05) is 19.7 Å². The number of hydrogen-bond donors (Lipinski definition) is 1. The van der Waals surface area contributed by atoms with Crippen LogP contribution in [0, 0.1) is 0 Å². The Morgan fingerprint density at radius 1 is 1.56 bits per heavy atom. The first-order chi connectivity index (χ1) is 8.70. The third-order valence-electron chi connectivity index (χ3n) is 3.27. The van der Waals surface area contributed by atoms with E-state index in [1.165, 1.54) is 11.3 Å². The number of piperidine rings is 1. The molecule has 0 spiro atoms. The maximum Gasteiger partial charge on any atom is 0.346 e. The Balaban J connectivity index is 1.88. The van der Waals surface area contributed by atoms with Crippen LogP contribution in [0.4, 0.5) is 0 Å². The average Bonchev–Trinajstić information content (AvgIpc) is 2.80. The van der Waals surface area contributed by atoms with Crippen molar-refractivity contribution < 1.29 is 14.6 Å². The topological polar surface area (TPSA) is 49.8 Å². The van der Waals surface area contributed by atoms with Gasteiger partial charge in [-0.3, -0.25) is 4.90 Å². The molecule has 0 amide bonds. The van der Waals surface area contributed by atoms with Crippen molar-refractivity contribution >= 4 is 17.3 Å². The molecule has 1 aromatic heterocycles. The Hall–Kier alpha value is -0.910. The summed E-state index contributed by atoms with van der Waals surface area (Å²) in [6.07, 6.45) is 2.47. The molecule has 18 heavy (non-hydrogen) atoms. The number of hydrogen-bond acceptors (Lipinski definition) is 4. The van der Waals surface area contributed by atoms with Gasteiger partial charge in [0.05, 0.1) is 6.10 Å². The fourth-order valence-corrected chi connectivity index (χ4v) is 3.11. The molecule has 1 N–H and O–H groups in total. The standard InChI is InChI=1S/C13H19NO3S/c1-2-17-11-3-6-14(7-4-11)9-10-5-8-18-12(10)13(15)16/h5,8,11H,2-4,6-7,9H2,1H3,(H,15,16). The van der Waals surface area contributed by atoms with Gasteiger partial charge in [-0.15, -0.1) is 11.3 Å². The Labute approximate surface area is 111 Å². The van der Waals surface area contributed by atoms with Gasteiger partial charge in [0.2, 0.25) is 0 Å².